The fourth-order valence-corrected chi connectivity index (χ4v) is 4.18. The van der Waals surface area contributed by atoms with Crippen LogP contribution in [0, 0.1) is 0 Å². The first-order valence-corrected chi connectivity index (χ1v) is 9.58. The highest BCUT2D eigenvalue weighted by Crippen LogP contribution is 2.46. The lowest BCUT2D eigenvalue weighted by Gasteiger charge is -2.42. The molecule has 0 heterocycles. The molecule has 0 aromatic heterocycles. The van der Waals surface area contributed by atoms with Gasteiger partial charge in [0.15, 0.2) is 0 Å². The van der Waals surface area contributed by atoms with Crippen molar-refractivity contribution < 1.29 is 0 Å². The Morgan fingerprint density at radius 3 is 2.25 bits per heavy atom. The topological polar surface area (TPSA) is 0 Å². The predicted octanol–water partition coefficient (Wildman–Crippen LogP) is 7.36. The lowest BCUT2D eigenvalue weighted by atomic mass is 9.63. The molecule has 1 aliphatic carbocycles. The second-order valence-corrected chi connectivity index (χ2v) is 9.33. The molecule has 3 rings (SSSR count). The fraction of sp³-hybridized carbons (Fsp3) is 0.391. The summed E-state index contributed by atoms with van der Waals surface area (Å²) in [6.07, 6.45) is 4.79. The third-order valence-corrected chi connectivity index (χ3v) is 6.03. The van der Waals surface area contributed by atoms with Crippen molar-refractivity contribution in [3.63, 3.8) is 0 Å². The van der Waals surface area contributed by atoms with E-state index >= 15 is 0 Å². The first kappa shape index (κ1) is 17.5. The summed E-state index contributed by atoms with van der Waals surface area (Å²) in [4.78, 5) is 0. The van der Waals surface area contributed by atoms with Gasteiger partial charge in [-0.1, -0.05) is 80.0 Å². The SMILES string of the molecule is C/C(=C\c1cccc(Br)c1)c1ccc2c(c1)C(C)(C)CCC2(C)C. The van der Waals surface area contributed by atoms with Gasteiger partial charge in [0.1, 0.15) is 0 Å². The van der Waals surface area contributed by atoms with Gasteiger partial charge in [0.05, 0.1) is 0 Å². The van der Waals surface area contributed by atoms with Gasteiger partial charge in [0.2, 0.25) is 0 Å². The van der Waals surface area contributed by atoms with Crippen LogP contribution < -0.4 is 0 Å². The van der Waals surface area contributed by atoms with Gasteiger partial charge in [-0.3, -0.25) is 0 Å². The minimum atomic E-state index is 0.261. The van der Waals surface area contributed by atoms with Crippen molar-refractivity contribution in [1.29, 1.82) is 0 Å². The van der Waals surface area contributed by atoms with Crippen LogP contribution in [0.4, 0.5) is 0 Å². The molecule has 126 valence electrons. The number of fused-ring (bicyclic) bond motifs is 1. The highest BCUT2D eigenvalue weighted by molar-refractivity contribution is 9.10. The van der Waals surface area contributed by atoms with Crippen molar-refractivity contribution >= 4 is 27.6 Å². The van der Waals surface area contributed by atoms with Crippen molar-refractivity contribution in [2.24, 2.45) is 0 Å². The molecule has 1 aliphatic rings. The second-order valence-electron chi connectivity index (χ2n) is 8.41. The van der Waals surface area contributed by atoms with Crippen LogP contribution in [0.3, 0.4) is 0 Å². The number of hydrogen-bond donors (Lipinski definition) is 0. The number of rotatable bonds is 2. The number of allylic oxidation sites excluding steroid dienone is 1. The summed E-state index contributed by atoms with van der Waals surface area (Å²) in [6.45, 7) is 11.7. The lowest BCUT2D eigenvalue weighted by molar-refractivity contribution is 0.332. The van der Waals surface area contributed by atoms with Crippen LogP contribution >= 0.6 is 15.9 Å². The molecular weight excluding hydrogens is 356 g/mol. The highest BCUT2D eigenvalue weighted by Gasteiger charge is 2.36. The Hall–Kier alpha value is -1.34. The maximum atomic E-state index is 3.56. The standard InChI is InChI=1S/C23H27Br/c1-16(13-17-7-6-8-19(24)14-17)18-9-10-20-21(15-18)23(4,5)12-11-22(20,2)3/h6-10,13-15H,11-12H2,1-5H3/b16-13+. The van der Waals surface area contributed by atoms with Crippen molar-refractivity contribution in [2.75, 3.05) is 0 Å². The third kappa shape index (κ3) is 3.37. The fourth-order valence-electron chi connectivity index (χ4n) is 3.76. The molecule has 0 bridgehead atoms. The number of halogens is 1. The lowest BCUT2D eigenvalue weighted by Crippen LogP contribution is -2.33. The summed E-state index contributed by atoms with van der Waals surface area (Å²) in [6, 6.07) is 15.6. The summed E-state index contributed by atoms with van der Waals surface area (Å²) in [5, 5.41) is 0. The van der Waals surface area contributed by atoms with Gasteiger partial charge in [-0.15, -0.1) is 0 Å². The zero-order chi connectivity index (χ0) is 17.5. The number of hydrogen-bond acceptors (Lipinski definition) is 0. The normalized spacial score (nSPS) is 19.0. The Morgan fingerprint density at radius 2 is 1.58 bits per heavy atom. The molecule has 1 heteroatoms. The van der Waals surface area contributed by atoms with E-state index in [0.717, 1.165) is 4.47 Å². The molecule has 0 fully saturated rings. The largest absolute Gasteiger partial charge is 0.0606 e. The van der Waals surface area contributed by atoms with Crippen LogP contribution in [0.25, 0.3) is 11.6 Å². The van der Waals surface area contributed by atoms with E-state index in [0.29, 0.717) is 0 Å². The van der Waals surface area contributed by atoms with Crippen molar-refractivity contribution in [1.82, 2.24) is 0 Å². The monoisotopic (exact) mass is 382 g/mol. The highest BCUT2D eigenvalue weighted by atomic mass is 79.9. The molecule has 2 aromatic rings. The van der Waals surface area contributed by atoms with Crippen LogP contribution in [0.5, 0.6) is 0 Å². The zero-order valence-corrected chi connectivity index (χ0v) is 17.0. The minimum Gasteiger partial charge on any atom is -0.0606 e. The zero-order valence-electron chi connectivity index (χ0n) is 15.4. The summed E-state index contributed by atoms with van der Waals surface area (Å²) in [5.74, 6) is 0. The van der Waals surface area contributed by atoms with E-state index < -0.39 is 0 Å². The summed E-state index contributed by atoms with van der Waals surface area (Å²) >= 11 is 3.56. The van der Waals surface area contributed by atoms with Gasteiger partial charge < -0.3 is 0 Å². The molecule has 0 saturated carbocycles. The van der Waals surface area contributed by atoms with Crippen molar-refractivity contribution in [3.05, 3.63) is 69.2 Å². The maximum Gasteiger partial charge on any atom is 0.0181 e. The van der Waals surface area contributed by atoms with Crippen LogP contribution in [0.15, 0.2) is 46.9 Å². The Balaban J connectivity index is 2.05. The molecule has 24 heavy (non-hydrogen) atoms. The predicted molar refractivity (Wildman–Crippen MR) is 109 cm³/mol. The Labute approximate surface area is 155 Å². The summed E-state index contributed by atoms with van der Waals surface area (Å²) < 4.78 is 1.12. The molecule has 0 N–H and O–H groups in total. The first-order valence-electron chi connectivity index (χ1n) is 8.78. The smallest absolute Gasteiger partial charge is 0.0181 e. The maximum absolute atomic E-state index is 3.56. The van der Waals surface area contributed by atoms with Crippen molar-refractivity contribution in [2.45, 2.75) is 58.3 Å². The molecule has 0 amide bonds. The quantitative estimate of drug-likeness (QED) is 0.475. The van der Waals surface area contributed by atoms with E-state index in [4.69, 9.17) is 0 Å². The molecule has 2 aromatic carbocycles. The summed E-state index contributed by atoms with van der Waals surface area (Å²) in [7, 11) is 0. The third-order valence-electron chi connectivity index (χ3n) is 5.54. The van der Waals surface area contributed by atoms with Crippen LogP contribution in [0.1, 0.15) is 69.7 Å². The molecule has 0 saturated heterocycles. The molecular formula is C23H27Br. The van der Waals surface area contributed by atoms with Crippen LogP contribution in [0.2, 0.25) is 0 Å². The van der Waals surface area contributed by atoms with Gasteiger partial charge in [-0.25, -0.2) is 0 Å². The molecule has 0 atom stereocenters. The molecule has 0 unspecified atom stereocenters. The van der Waals surface area contributed by atoms with Gasteiger partial charge in [-0.2, -0.15) is 0 Å². The molecule has 0 spiro atoms. The number of benzene rings is 2. The molecule has 0 radical (unpaired) electrons. The summed E-state index contributed by atoms with van der Waals surface area (Å²) in [5.41, 5.74) is 7.48. The second kappa shape index (κ2) is 6.19. The van der Waals surface area contributed by atoms with Gasteiger partial charge in [0, 0.05) is 4.47 Å². The van der Waals surface area contributed by atoms with Gasteiger partial charge >= 0.3 is 0 Å². The minimum absolute atomic E-state index is 0.261. The Kier molecular flexibility index (Phi) is 4.51. The van der Waals surface area contributed by atoms with E-state index in [1.54, 1.807) is 0 Å². The van der Waals surface area contributed by atoms with E-state index in [-0.39, 0.29) is 10.8 Å². The van der Waals surface area contributed by atoms with E-state index in [1.807, 2.05) is 0 Å². The molecule has 0 nitrogen and oxygen atoms in total. The molecule has 0 aliphatic heterocycles. The van der Waals surface area contributed by atoms with Crippen molar-refractivity contribution in [3.8, 4) is 0 Å². The van der Waals surface area contributed by atoms with E-state index in [2.05, 4.69) is 99.1 Å². The average molecular weight is 383 g/mol. The first-order chi connectivity index (χ1) is 11.2. The van der Waals surface area contributed by atoms with Crippen LogP contribution in [-0.2, 0) is 10.8 Å². The van der Waals surface area contributed by atoms with Crippen LogP contribution in [-0.4, -0.2) is 0 Å². The Bertz CT molecular complexity index is 793. The van der Waals surface area contributed by atoms with E-state index in [9.17, 15) is 0 Å². The van der Waals surface area contributed by atoms with Gasteiger partial charge in [-0.05, 0) is 70.6 Å². The van der Waals surface area contributed by atoms with Gasteiger partial charge in [0.25, 0.3) is 0 Å². The van der Waals surface area contributed by atoms with E-state index in [1.165, 1.54) is 40.7 Å². The Morgan fingerprint density at radius 1 is 0.917 bits per heavy atom. The average Bonchev–Trinajstić information content (AvgIpc) is 2.52.